The largest absolute Gasteiger partial charge is 0.497 e. The number of methoxy groups -OCH3 is 2. The minimum absolute atomic E-state index is 0.0828. The summed E-state index contributed by atoms with van der Waals surface area (Å²) < 4.78 is 10.4. The van der Waals surface area contributed by atoms with Crippen LogP contribution in [0.2, 0.25) is 0 Å². The summed E-state index contributed by atoms with van der Waals surface area (Å²) in [6, 6.07) is 15.1. The number of ether oxygens (including phenoxy) is 2. The number of carbonyl (C=O) groups excluding carboxylic acids is 1. The van der Waals surface area contributed by atoms with Crippen LogP contribution >= 0.6 is 0 Å². The summed E-state index contributed by atoms with van der Waals surface area (Å²) in [6.45, 7) is 1.93. The predicted molar refractivity (Wildman–Crippen MR) is 107 cm³/mol. The molecule has 0 saturated heterocycles. The molecule has 5 heteroatoms. The van der Waals surface area contributed by atoms with Gasteiger partial charge in [0.25, 0.3) is 0 Å². The van der Waals surface area contributed by atoms with Crippen molar-refractivity contribution in [3.8, 4) is 11.5 Å². The van der Waals surface area contributed by atoms with E-state index < -0.39 is 0 Å². The van der Waals surface area contributed by atoms with Gasteiger partial charge in [-0.25, -0.2) is 0 Å². The fourth-order valence-corrected chi connectivity index (χ4v) is 3.19. The van der Waals surface area contributed by atoms with E-state index in [-0.39, 0.29) is 5.78 Å². The van der Waals surface area contributed by atoms with Gasteiger partial charge in [0.1, 0.15) is 17.3 Å². The van der Waals surface area contributed by atoms with Gasteiger partial charge in [-0.15, -0.1) is 0 Å². The molecule has 0 spiro atoms. The van der Waals surface area contributed by atoms with Gasteiger partial charge in [-0.2, -0.15) is 0 Å². The van der Waals surface area contributed by atoms with Crippen molar-refractivity contribution in [3.05, 3.63) is 59.7 Å². The summed E-state index contributed by atoms with van der Waals surface area (Å²) in [5, 5.41) is 0. The van der Waals surface area contributed by atoms with Gasteiger partial charge in [-0.1, -0.05) is 0 Å². The van der Waals surface area contributed by atoms with Gasteiger partial charge < -0.3 is 14.4 Å². The van der Waals surface area contributed by atoms with Crippen LogP contribution in [-0.2, 0) is 0 Å². The highest BCUT2D eigenvalue weighted by atomic mass is 16.5. The standard InChI is InChI=1S/C22H26N2O3/c1-26-19-10-6-17(7-11-19)21(25)16-24-15-5-3-4-14-23-22(24)18-8-12-20(27-2)13-9-18/h6-13H,3-5,14-16H2,1-2H3. The predicted octanol–water partition coefficient (Wildman–Crippen LogP) is 3.82. The van der Waals surface area contributed by atoms with Crippen molar-refractivity contribution in [2.75, 3.05) is 33.9 Å². The first kappa shape index (κ1) is 19.0. The lowest BCUT2D eigenvalue weighted by Gasteiger charge is -2.27. The van der Waals surface area contributed by atoms with Gasteiger partial charge in [0.05, 0.1) is 20.8 Å². The summed E-state index contributed by atoms with van der Waals surface area (Å²) in [4.78, 5) is 19.7. The van der Waals surface area contributed by atoms with Crippen molar-refractivity contribution in [2.24, 2.45) is 4.99 Å². The van der Waals surface area contributed by atoms with E-state index >= 15 is 0 Å². The van der Waals surface area contributed by atoms with E-state index in [2.05, 4.69) is 4.90 Å². The molecular formula is C22H26N2O3. The van der Waals surface area contributed by atoms with Gasteiger partial charge >= 0.3 is 0 Å². The SMILES string of the molecule is COc1ccc(C(=O)CN2CCCCCN=C2c2ccc(OC)cc2)cc1. The molecule has 0 atom stereocenters. The Kier molecular flexibility index (Phi) is 6.47. The van der Waals surface area contributed by atoms with E-state index in [1.54, 1.807) is 14.2 Å². The summed E-state index contributed by atoms with van der Waals surface area (Å²) >= 11 is 0. The fraction of sp³-hybridized carbons (Fsp3) is 0.364. The zero-order valence-corrected chi connectivity index (χ0v) is 16.0. The molecule has 3 rings (SSSR count). The van der Waals surface area contributed by atoms with Gasteiger partial charge in [0.2, 0.25) is 0 Å². The van der Waals surface area contributed by atoms with Gasteiger partial charge in [-0.3, -0.25) is 9.79 Å². The molecule has 2 aromatic carbocycles. The van der Waals surface area contributed by atoms with Crippen LogP contribution in [0.5, 0.6) is 11.5 Å². The number of hydrogen-bond acceptors (Lipinski definition) is 5. The Morgan fingerprint density at radius 3 is 2.19 bits per heavy atom. The number of benzene rings is 2. The first-order chi connectivity index (χ1) is 13.2. The molecule has 0 bridgehead atoms. The lowest BCUT2D eigenvalue weighted by molar-refractivity contribution is 0.0962. The summed E-state index contributed by atoms with van der Waals surface area (Å²) in [7, 11) is 3.27. The van der Waals surface area contributed by atoms with E-state index in [9.17, 15) is 4.79 Å². The summed E-state index contributed by atoms with van der Waals surface area (Å²) in [6.07, 6.45) is 3.28. The number of Topliss-reactive ketones (excluding diaryl/α,β-unsaturated/α-hetero) is 1. The number of ketones is 1. The number of amidine groups is 1. The van der Waals surface area contributed by atoms with Crippen LogP contribution in [0.15, 0.2) is 53.5 Å². The maximum Gasteiger partial charge on any atom is 0.182 e. The Bertz CT molecular complexity index is 782. The smallest absolute Gasteiger partial charge is 0.182 e. The van der Waals surface area contributed by atoms with Crippen molar-refractivity contribution in [1.29, 1.82) is 0 Å². The van der Waals surface area contributed by atoms with E-state index in [1.807, 2.05) is 48.5 Å². The van der Waals surface area contributed by atoms with Crippen molar-refractivity contribution in [1.82, 2.24) is 4.90 Å². The third kappa shape index (κ3) is 4.88. The highest BCUT2D eigenvalue weighted by molar-refractivity contribution is 6.04. The first-order valence-electron chi connectivity index (χ1n) is 9.32. The second-order valence-corrected chi connectivity index (χ2v) is 6.57. The van der Waals surface area contributed by atoms with Crippen LogP contribution in [0.25, 0.3) is 0 Å². The van der Waals surface area contributed by atoms with Crippen LogP contribution < -0.4 is 9.47 Å². The third-order valence-electron chi connectivity index (χ3n) is 4.74. The first-order valence-corrected chi connectivity index (χ1v) is 9.32. The molecule has 1 aliphatic heterocycles. The van der Waals surface area contributed by atoms with Gasteiger partial charge in [0.15, 0.2) is 5.78 Å². The second kappa shape index (κ2) is 9.21. The minimum Gasteiger partial charge on any atom is -0.497 e. The van der Waals surface area contributed by atoms with Crippen LogP contribution in [-0.4, -0.2) is 50.4 Å². The van der Waals surface area contributed by atoms with Crippen LogP contribution in [0.1, 0.15) is 35.2 Å². The quantitative estimate of drug-likeness (QED) is 0.730. The maximum absolute atomic E-state index is 12.8. The number of aliphatic imine (C=N–C) groups is 1. The molecule has 0 saturated carbocycles. The summed E-state index contributed by atoms with van der Waals surface area (Å²) in [5.41, 5.74) is 1.70. The van der Waals surface area contributed by atoms with Crippen molar-refractivity contribution in [2.45, 2.75) is 19.3 Å². The molecule has 0 aliphatic carbocycles. The topological polar surface area (TPSA) is 51.1 Å². The van der Waals surface area contributed by atoms with Gasteiger partial charge in [-0.05, 0) is 67.8 Å². The van der Waals surface area contributed by atoms with Crippen LogP contribution in [0.4, 0.5) is 0 Å². The number of hydrogen-bond donors (Lipinski definition) is 0. The van der Waals surface area contributed by atoms with Crippen LogP contribution in [0, 0.1) is 0 Å². The van der Waals surface area contributed by atoms with Crippen LogP contribution in [0.3, 0.4) is 0 Å². The minimum atomic E-state index is 0.0828. The Balaban J connectivity index is 1.81. The molecular weight excluding hydrogens is 340 g/mol. The zero-order valence-electron chi connectivity index (χ0n) is 16.0. The molecule has 142 valence electrons. The van der Waals surface area contributed by atoms with Crippen molar-refractivity contribution >= 4 is 11.6 Å². The number of nitrogens with zero attached hydrogens (tertiary/aromatic N) is 2. The molecule has 1 aliphatic rings. The Hall–Kier alpha value is -2.82. The highest BCUT2D eigenvalue weighted by Crippen LogP contribution is 2.18. The van der Waals surface area contributed by atoms with Crippen molar-refractivity contribution in [3.63, 3.8) is 0 Å². The fourth-order valence-electron chi connectivity index (χ4n) is 3.19. The average Bonchev–Trinajstić information content (AvgIpc) is 2.70. The zero-order chi connectivity index (χ0) is 19.1. The van der Waals surface area contributed by atoms with E-state index in [4.69, 9.17) is 14.5 Å². The molecule has 0 unspecified atom stereocenters. The van der Waals surface area contributed by atoms with E-state index in [0.29, 0.717) is 12.1 Å². The molecule has 0 fully saturated rings. The average molecular weight is 366 g/mol. The summed E-state index contributed by atoms with van der Waals surface area (Å²) in [5.74, 6) is 2.53. The number of carbonyl (C=O) groups is 1. The monoisotopic (exact) mass is 366 g/mol. The molecule has 5 nitrogen and oxygen atoms in total. The lowest BCUT2D eigenvalue weighted by Crippen LogP contribution is -2.38. The lowest BCUT2D eigenvalue weighted by atomic mass is 10.1. The number of rotatable bonds is 6. The molecule has 1 heterocycles. The molecule has 0 amide bonds. The van der Waals surface area contributed by atoms with Crippen molar-refractivity contribution < 1.29 is 14.3 Å². The maximum atomic E-state index is 12.8. The second-order valence-electron chi connectivity index (χ2n) is 6.57. The molecule has 0 radical (unpaired) electrons. The molecule has 27 heavy (non-hydrogen) atoms. The van der Waals surface area contributed by atoms with E-state index in [1.165, 1.54) is 0 Å². The Morgan fingerprint density at radius 2 is 1.56 bits per heavy atom. The highest BCUT2D eigenvalue weighted by Gasteiger charge is 2.19. The van der Waals surface area contributed by atoms with E-state index in [0.717, 1.165) is 55.3 Å². The molecule has 2 aromatic rings. The van der Waals surface area contributed by atoms with Gasteiger partial charge in [0, 0.05) is 24.2 Å². The molecule has 0 N–H and O–H groups in total. The Morgan fingerprint density at radius 1 is 0.926 bits per heavy atom. The Labute approximate surface area is 160 Å². The normalized spacial score (nSPS) is 14.7. The third-order valence-corrected chi connectivity index (χ3v) is 4.74. The molecule has 0 aromatic heterocycles.